The molecule has 0 unspecified atom stereocenters. The van der Waals surface area contributed by atoms with Crippen LogP contribution in [0.25, 0.3) is 55.3 Å². The molecule has 0 fully saturated rings. The quantitative estimate of drug-likeness (QED) is 0.264. The predicted octanol–water partition coefficient (Wildman–Crippen LogP) is 5.18. The zero-order valence-electron chi connectivity index (χ0n) is 14.9. The Morgan fingerprint density at radius 2 is 1.32 bits per heavy atom. The molecule has 5 heteroatoms. The van der Waals surface area contributed by atoms with Crippen molar-refractivity contribution in [2.45, 2.75) is 19.4 Å². The molecular weight excluding hydrogens is 354 g/mol. The third kappa shape index (κ3) is 1.96. The first-order chi connectivity index (χ1) is 13.7. The molecule has 0 saturated heterocycles. The lowest BCUT2D eigenvalue weighted by molar-refractivity contribution is -0.645. The van der Waals surface area contributed by atoms with Crippen LogP contribution >= 0.6 is 0 Å². The molecular formula is C23H16NO4+. The third-order valence-electron chi connectivity index (χ3n) is 5.54. The summed E-state index contributed by atoms with van der Waals surface area (Å²) in [5.41, 5.74) is 7.48. The van der Waals surface area contributed by atoms with Gasteiger partial charge in [0.15, 0.2) is 0 Å². The average Bonchev–Trinajstić information content (AvgIpc) is 2.70. The van der Waals surface area contributed by atoms with Crippen molar-refractivity contribution in [1.29, 1.82) is 0 Å². The van der Waals surface area contributed by atoms with Crippen LogP contribution in [-0.2, 0) is 11.3 Å². The summed E-state index contributed by atoms with van der Waals surface area (Å²) in [6, 6.07) is 18.0. The second-order valence-corrected chi connectivity index (χ2v) is 7.16. The van der Waals surface area contributed by atoms with Gasteiger partial charge in [-0.3, -0.25) is 4.79 Å². The van der Waals surface area contributed by atoms with Crippen LogP contribution in [0, 0.1) is 0 Å². The lowest BCUT2D eigenvalue weighted by Gasteiger charge is -2.18. The molecule has 6 rings (SSSR count). The summed E-state index contributed by atoms with van der Waals surface area (Å²) in [5, 5.41) is 11.2. The van der Waals surface area contributed by atoms with Gasteiger partial charge >= 0.3 is 5.97 Å². The minimum absolute atomic E-state index is 0.136. The molecule has 0 bridgehead atoms. The van der Waals surface area contributed by atoms with Gasteiger partial charge in [-0.1, -0.05) is 18.2 Å². The second-order valence-electron chi connectivity index (χ2n) is 7.16. The number of nitrogens with zero attached hydrogens (tertiary/aromatic N) is 1. The number of pyridine rings is 1. The van der Waals surface area contributed by atoms with E-state index in [9.17, 15) is 4.79 Å². The number of hydrogen-bond acceptors (Lipinski definition) is 3. The van der Waals surface area contributed by atoms with Crippen molar-refractivity contribution in [2.24, 2.45) is 0 Å². The van der Waals surface area contributed by atoms with Gasteiger partial charge < -0.3 is 13.9 Å². The Morgan fingerprint density at radius 1 is 0.786 bits per heavy atom. The number of aliphatic carboxylic acids is 1. The van der Waals surface area contributed by atoms with E-state index in [4.69, 9.17) is 13.9 Å². The van der Waals surface area contributed by atoms with Gasteiger partial charge in [-0.2, -0.15) is 4.57 Å². The molecule has 1 aromatic heterocycles. The highest BCUT2D eigenvalue weighted by atomic mass is 16.4. The van der Waals surface area contributed by atoms with Gasteiger partial charge in [0.1, 0.15) is 28.9 Å². The summed E-state index contributed by atoms with van der Waals surface area (Å²) in [6.45, 7) is 0.612. The number of carboxylic acid groups (broad SMARTS) is 1. The van der Waals surface area contributed by atoms with Gasteiger partial charge in [-0.15, -0.1) is 0 Å². The summed E-state index contributed by atoms with van der Waals surface area (Å²) in [4.78, 5) is 11.0. The van der Waals surface area contributed by atoms with Gasteiger partial charge in [0.05, 0.1) is 22.8 Å². The Kier molecular flexibility index (Phi) is 3.01. The molecule has 5 nitrogen and oxygen atoms in total. The topological polar surface area (TPSA) is 67.5 Å². The molecule has 4 aromatic rings. The smallest absolute Gasteiger partial charge is 0.303 e. The summed E-state index contributed by atoms with van der Waals surface area (Å²) < 4.78 is 14.6. The van der Waals surface area contributed by atoms with E-state index < -0.39 is 5.97 Å². The Labute approximate surface area is 159 Å². The SMILES string of the molecule is O=C(O)CCC[n+]1c2cccc3oc4cccc5oc6cccc1c6c(c32)-c45. The number of benzene rings is 3. The maximum absolute atomic E-state index is 11.0. The number of aryl methyl sites for hydroxylation is 1. The van der Waals surface area contributed by atoms with E-state index in [1.165, 1.54) is 0 Å². The lowest BCUT2D eigenvalue weighted by Crippen LogP contribution is -2.36. The standard InChI is InChI=1S/C23H15NO4/c25-19(26)11-4-12-24-13-5-1-7-15-20(13)23-21-14(24)6-2-8-16(21)28-18-10-3-9-17(27-15)22(18)23/h1-3,5-10H,4,11-12H2/p+1. The van der Waals surface area contributed by atoms with Gasteiger partial charge in [0.2, 0.25) is 11.0 Å². The molecule has 1 N–H and O–H groups in total. The van der Waals surface area contributed by atoms with E-state index in [0.29, 0.717) is 13.0 Å². The molecule has 0 spiro atoms. The van der Waals surface area contributed by atoms with Crippen molar-refractivity contribution in [3.8, 4) is 11.1 Å². The van der Waals surface area contributed by atoms with E-state index in [2.05, 4.69) is 16.7 Å². The van der Waals surface area contributed by atoms with E-state index in [0.717, 1.165) is 55.3 Å². The van der Waals surface area contributed by atoms with Crippen molar-refractivity contribution >= 4 is 50.1 Å². The summed E-state index contributed by atoms with van der Waals surface area (Å²) in [7, 11) is 0. The van der Waals surface area contributed by atoms with Crippen LogP contribution in [0.5, 0.6) is 0 Å². The highest BCUT2D eigenvalue weighted by molar-refractivity contribution is 6.22. The molecule has 0 atom stereocenters. The Morgan fingerprint density at radius 3 is 1.89 bits per heavy atom. The van der Waals surface area contributed by atoms with Crippen molar-refractivity contribution < 1.29 is 23.3 Å². The number of carboxylic acids is 1. The van der Waals surface area contributed by atoms with Gasteiger partial charge in [-0.25, -0.2) is 0 Å². The Bertz CT molecular complexity index is 1380. The third-order valence-corrected chi connectivity index (χ3v) is 5.54. The highest BCUT2D eigenvalue weighted by Gasteiger charge is 2.30. The van der Waals surface area contributed by atoms with Gasteiger partial charge in [-0.05, 0) is 24.3 Å². The summed E-state index contributed by atoms with van der Waals surface area (Å²) >= 11 is 0. The number of rotatable bonds is 4. The molecule has 0 radical (unpaired) electrons. The first-order valence-electron chi connectivity index (χ1n) is 9.34. The molecule has 2 aliphatic rings. The first-order valence-corrected chi connectivity index (χ1v) is 9.34. The largest absolute Gasteiger partial charge is 0.481 e. The zero-order valence-corrected chi connectivity index (χ0v) is 14.9. The number of aromatic nitrogens is 1. The number of carbonyl (C=O) groups is 1. The molecule has 0 saturated carbocycles. The maximum atomic E-state index is 11.0. The van der Waals surface area contributed by atoms with Crippen LogP contribution in [0.15, 0.2) is 63.4 Å². The van der Waals surface area contributed by atoms with Crippen LogP contribution in [0.4, 0.5) is 0 Å². The van der Waals surface area contributed by atoms with E-state index in [1.54, 1.807) is 0 Å². The van der Waals surface area contributed by atoms with Crippen LogP contribution in [-0.4, -0.2) is 11.1 Å². The maximum Gasteiger partial charge on any atom is 0.303 e. The summed E-state index contributed by atoms with van der Waals surface area (Å²) in [5.74, 6) is -0.778. The monoisotopic (exact) mass is 370 g/mol. The van der Waals surface area contributed by atoms with Gasteiger partial charge in [0, 0.05) is 24.1 Å². The van der Waals surface area contributed by atoms with Crippen LogP contribution in [0.3, 0.4) is 0 Å². The fourth-order valence-electron chi connectivity index (χ4n) is 4.46. The molecule has 136 valence electrons. The van der Waals surface area contributed by atoms with Gasteiger partial charge in [0.25, 0.3) is 0 Å². The normalized spacial score (nSPS) is 12.3. The van der Waals surface area contributed by atoms with Crippen molar-refractivity contribution in [1.82, 2.24) is 0 Å². The van der Waals surface area contributed by atoms with Crippen molar-refractivity contribution in [2.75, 3.05) is 0 Å². The molecule has 0 amide bonds. The number of hydrogen-bond donors (Lipinski definition) is 1. The van der Waals surface area contributed by atoms with Crippen LogP contribution in [0.2, 0.25) is 0 Å². The lowest BCUT2D eigenvalue weighted by atomic mass is 9.92. The highest BCUT2D eigenvalue weighted by Crippen LogP contribution is 2.46. The van der Waals surface area contributed by atoms with Crippen LogP contribution in [0.1, 0.15) is 12.8 Å². The first kappa shape index (κ1) is 15.5. The molecule has 2 aliphatic heterocycles. The van der Waals surface area contributed by atoms with E-state index in [-0.39, 0.29) is 6.42 Å². The van der Waals surface area contributed by atoms with Crippen molar-refractivity contribution in [3.05, 3.63) is 54.6 Å². The van der Waals surface area contributed by atoms with E-state index >= 15 is 0 Å². The fraction of sp³-hybridized carbons (Fsp3) is 0.130. The van der Waals surface area contributed by atoms with E-state index in [1.807, 2.05) is 42.5 Å². The molecule has 3 aromatic carbocycles. The fourth-order valence-corrected chi connectivity index (χ4v) is 4.46. The Balaban J connectivity index is 1.83. The summed E-state index contributed by atoms with van der Waals surface area (Å²) in [6.07, 6.45) is 0.693. The second kappa shape index (κ2) is 5.45. The van der Waals surface area contributed by atoms with Crippen molar-refractivity contribution in [3.63, 3.8) is 0 Å². The molecule has 0 aliphatic carbocycles. The Hall–Kier alpha value is -3.60. The minimum atomic E-state index is -0.778. The minimum Gasteiger partial charge on any atom is -0.481 e. The predicted molar refractivity (Wildman–Crippen MR) is 106 cm³/mol. The zero-order chi connectivity index (χ0) is 18.8. The molecule has 3 heterocycles. The van der Waals surface area contributed by atoms with Crippen LogP contribution < -0.4 is 4.57 Å². The average molecular weight is 370 g/mol. The molecule has 28 heavy (non-hydrogen) atoms.